The molecule has 8 fully saturated rings. The van der Waals surface area contributed by atoms with Crippen molar-refractivity contribution < 1.29 is 47.8 Å². The average Bonchev–Trinajstić information content (AvgIpc) is 4.14. The number of Topliss-reactive ketones (excluding diaryl/α,β-unsaturated/α-hetero) is 2. The fraction of sp³-hybridized carbons (Fsp3) is 0.797. The van der Waals surface area contributed by atoms with Gasteiger partial charge in [-0.15, -0.1) is 0 Å². The van der Waals surface area contributed by atoms with Crippen molar-refractivity contribution >= 4 is 41.4 Å². The van der Waals surface area contributed by atoms with E-state index in [1.165, 1.54) is 32.1 Å². The molecule has 8 saturated carbocycles. The van der Waals surface area contributed by atoms with Crippen molar-refractivity contribution in [2.75, 3.05) is 13.1 Å². The number of ketones is 2. The van der Waals surface area contributed by atoms with Crippen molar-refractivity contribution in [3.8, 4) is 0 Å². The molecule has 0 spiro atoms. The van der Waals surface area contributed by atoms with Crippen molar-refractivity contribution in [3.63, 3.8) is 0 Å². The lowest BCUT2D eigenvalue weighted by Crippen LogP contribution is -2.56. The maximum absolute atomic E-state index is 13.4. The molecule has 14 nitrogen and oxygen atoms in total. The number of esters is 2. The zero-order valence-electron chi connectivity index (χ0n) is 49.0. The molecule has 19 atom stereocenters. The molecule has 78 heavy (non-hydrogen) atoms. The maximum Gasteiger partial charge on any atom is 0.408 e. The number of carbonyl (C=O) groups is 7. The van der Waals surface area contributed by atoms with E-state index in [-0.39, 0.29) is 59.1 Å². The average molecular weight is 1080 g/mol. The number of nitrogens with two attached hydrogens (primary N) is 1. The standard InChI is InChI=1S/C64H96N4O10/c1-37(55(65)56(73)67-34-53(71)66-35-54(72)77-59(5)27-29-61(7)43(32-59)15-17-45-49-21-19-47(39(3)69)63(49,9)25-23-51(45)61)31-41-11-13-42(14-12-41)36-76-58(75)68-38(2)57(74)78-60(6)28-30-62(8)44(33-60)16-18-46-50-22-20-48(40(4)70)64(50,10)26-24-52(46)62/h11-14,37-38,43-52,55H,15-36,65H2,1-10H3,(H,66,71)(H,67,73)(H,68,75)/t37?,38-,43-,44-,45-,46-,47+,48+,49-,50-,51-,52-,55-,59+,60+,61-,62-,63+,64+/m0/s1. The summed E-state index contributed by atoms with van der Waals surface area (Å²) < 4.78 is 17.8. The smallest absolute Gasteiger partial charge is 0.408 e. The quantitative estimate of drug-likeness (QED) is 0.0904. The van der Waals surface area contributed by atoms with Crippen molar-refractivity contribution in [1.82, 2.24) is 16.0 Å². The first-order valence-corrected chi connectivity index (χ1v) is 30.5. The van der Waals surface area contributed by atoms with E-state index in [0.29, 0.717) is 65.3 Å². The lowest BCUT2D eigenvalue weighted by atomic mass is 9.44. The van der Waals surface area contributed by atoms with E-state index in [0.717, 1.165) is 94.6 Å². The van der Waals surface area contributed by atoms with Crippen molar-refractivity contribution in [3.05, 3.63) is 35.4 Å². The number of hydrogen-bond acceptors (Lipinski definition) is 11. The van der Waals surface area contributed by atoms with E-state index in [1.54, 1.807) is 20.8 Å². The molecule has 0 aliphatic heterocycles. The molecule has 1 unspecified atom stereocenters. The molecular formula is C64H96N4O10. The highest BCUT2D eigenvalue weighted by molar-refractivity contribution is 5.89. The van der Waals surface area contributed by atoms with Gasteiger partial charge in [-0.1, -0.05) is 58.9 Å². The number of alkyl carbamates (subject to hydrolysis) is 1. The van der Waals surface area contributed by atoms with E-state index in [2.05, 4.69) is 43.6 Å². The van der Waals surface area contributed by atoms with E-state index in [4.69, 9.17) is 19.9 Å². The van der Waals surface area contributed by atoms with Gasteiger partial charge in [0, 0.05) is 11.8 Å². The summed E-state index contributed by atoms with van der Waals surface area (Å²) in [6.07, 6.45) is 18.5. The predicted octanol–water partition coefficient (Wildman–Crippen LogP) is 10.1. The first-order chi connectivity index (χ1) is 36.7. The number of nitrogens with one attached hydrogen (secondary N) is 3. The van der Waals surface area contributed by atoms with E-state index >= 15 is 0 Å². The SMILES string of the molecule is CC(=O)[C@H]1CC[C@H]2[C@@H]3CC[C@H]4C[C@](C)(OC(=O)CNC(=O)CNC(=O)[C@@H](N)C(C)Cc5ccc(COC(=O)N[C@@H](C)C(=O)O[C@]6(C)CC[C@@]7(C)[C@@H](CC[C@@H]8[C@@H]7CC[C@]7(C)[C@@H](C(C)=O)CC[C@@H]87)C6)cc5)CC[C@]4(C)[C@H]3CC[C@]12C. The Bertz CT molecular complexity index is 2470. The zero-order chi connectivity index (χ0) is 56.3. The first kappa shape index (κ1) is 58.3. The number of fused-ring (bicyclic) bond motifs is 10. The van der Waals surface area contributed by atoms with Gasteiger partial charge in [0.05, 0.1) is 12.6 Å². The van der Waals surface area contributed by atoms with Crippen LogP contribution in [0.2, 0.25) is 0 Å². The highest BCUT2D eigenvalue weighted by Gasteiger charge is 2.64. The van der Waals surface area contributed by atoms with Gasteiger partial charge in [-0.2, -0.15) is 0 Å². The maximum atomic E-state index is 13.4. The Morgan fingerprint density at radius 3 is 1.58 bits per heavy atom. The van der Waals surface area contributed by atoms with E-state index in [1.807, 2.05) is 45.0 Å². The van der Waals surface area contributed by atoms with Crippen LogP contribution >= 0.6 is 0 Å². The molecule has 0 radical (unpaired) electrons. The molecular weight excluding hydrogens is 985 g/mol. The lowest BCUT2D eigenvalue weighted by molar-refractivity contribution is -0.182. The van der Waals surface area contributed by atoms with Crippen LogP contribution in [0.5, 0.6) is 0 Å². The third kappa shape index (κ3) is 11.2. The van der Waals surface area contributed by atoms with Gasteiger partial charge >= 0.3 is 18.0 Å². The fourth-order valence-electron chi connectivity index (χ4n) is 19.5. The second-order valence-electron chi connectivity index (χ2n) is 28.5. The highest BCUT2D eigenvalue weighted by atomic mass is 16.6. The molecule has 14 heteroatoms. The molecule has 1 aromatic carbocycles. The highest BCUT2D eigenvalue weighted by Crippen LogP contribution is 2.70. The van der Waals surface area contributed by atoms with Gasteiger partial charge in [-0.25, -0.2) is 9.59 Å². The predicted molar refractivity (Wildman–Crippen MR) is 297 cm³/mol. The number of hydrogen-bond donors (Lipinski definition) is 4. The normalized spacial score (nSPS) is 40.6. The third-order valence-electron chi connectivity index (χ3n) is 24.0. The van der Waals surface area contributed by atoms with E-state index < -0.39 is 53.1 Å². The van der Waals surface area contributed by atoms with Crippen LogP contribution < -0.4 is 21.7 Å². The van der Waals surface area contributed by atoms with Crippen LogP contribution in [0, 0.1) is 86.8 Å². The Hall–Kier alpha value is -4.33. The summed E-state index contributed by atoms with van der Waals surface area (Å²) in [6, 6.07) is 5.67. The second-order valence-corrected chi connectivity index (χ2v) is 28.5. The summed E-state index contributed by atoms with van der Waals surface area (Å²) in [5, 5.41) is 7.89. The number of benzene rings is 1. The second kappa shape index (κ2) is 22.2. The molecule has 432 valence electrons. The number of amides is 3. The Labute approximate surface area is 465 Å². The molecule has 1 aromatic rings. The number of rotatable bonds is 16. The zero-order valence-corrected chi connectivity index (χ0v) is 49.0. The molecule has 8 aliphatic carbocycles. The summed E-state index contributed by atoms with van der Waals surface area (Å²) in [6.45, 7) is 20.3. The summed E-state index contributed by atoms with van der Waals surface area (Å²) in [5.41, 5.74) is 7.45. The van der Waals surface area contributed by atoms with Crippen molar-refractivity contribution in [2.24, 2.45) is 92.5 Å². The summed E-state index contributed by atoms with van der Waals surface area (Å²) in [5.74, 6) is 3.66. The minimum absolute atomic E-state index is 0.00757. The number of carbonyl (C=O) groups excluding carboxylic acids is 7. The van der Waals surface area contributed by atoms with Crippen LogP contribution in [-0.2, 0) is 56.0 Å². The third-order valence-corrected chi connectivity index (χ3v) is 24.0. The van der Waals surface area contributed by atoms with Crippen LogP contribution in [0.1, 0.15) is 196 Å². The minimum atomic E-state index is -0.895. The van der Waals surface area contributed by atoms with Gasteiger partial charge in [0.2, 0.25) is 11.8 Å². The molecule has 0 heterocycles. The molecule has 3 amide bonds. The number of ether oxygens (including phenoxy) is 3. The topological polar surface area (TPSA) is 209 Å². The molecule has 0 bridgehead atoms. The Kier molecular flexibility index (Phi) is 16.6. The molecule has 0 aromatic heterocycles. The first-order valence-electron chi connectivity index (χ1n) is 30.5. The monoisotopic (exact) mass is 1080 g/mol. The Morgan fingerprint density at radius 2 is 1.06 bits per heavy atom. The van der Waals surface area contributed by atoms with Crippen molar-refractivity contribution in [2.45, 2.75) is 221 Å². The molecule has 5 N–H and O–H groups in total. The summed E-state index contributed by atoms with van der Waals surface area (Å²) >= 11 is 0. The largest absolute Gasteiger partial charge is 0.458 e. The van der Waals surface area contributed by atoms with Crippen molar-refractivity contribution in [1.29, 1.82) is 0 Å². The van der Waals surface area contributed by atoms with Crippen LogP contribution in [0.25, 0.3) is 0 Å². The van der Waals surface area contributed by atoms with Crippen LogP contribution in [0.3, 0.4) is 0 Å². The lowest BCUT2D eigenvalue weighted by Gasteiger charge is -2.62. The van der Waals surface area contributed by atoms with E-state index in [9.17, 15) is 33.6 Å². The molecule has 0 saturated heterocycles. The van der Waals surface area contributed by atoms with Gasteiger partial charge in [0.1, 0.15) is 42.0 Å². The van der Waals surface area contributed by atoms with Gasteiger partial charge in [-0.05, 0) is 243 Å². The Morgan fingerprint density at radius 1 is 0.577 bits per heavy atom. The molecule has 8 aliphatic rings. The summed E-state index contributed by atoms with van der Waals surface area (Å²) in [4.78, 5) is 90.5. The Balaban J connectivity index is 0.646. The van der Waals surface area contributed by atoms with Gasteiger partial charge in [0.25, 0.3) is 0 Å². The summed E-state index contributed by atoms with van der Waals surface area (Å²) in [7, 11) is 0. The van der Waals surface area contributed by atoms with Gasteiger partial charge < -0.3 is 35.9 Å². The van der Waals surface area contributed by atoms with Crippen LogP contribution in [0.4, 0.5) is 4.79 Å². The van der Waals surface area contributed by atoms with Crippen LogP contribution in [-0.4, -0.2) is 77.8 Å². The minimum Gasteiger partial charge on any atom is -0.458 e. The molecule has 9 rings (SSSR count). The van der Waals surface area contributed by atoms with Gasteiger partial charge in [-0.3, -0.25) is 24.0 Å². The fourth-order valence-corrected chi connectivity index (χ4v) is 19.5. The van der Waals surface area contributed by atoms with Gasteiger partial charge in [0.15, 0.2) is 0 Å². The van der Waals surface area contributed by atoms with Crippen LogP contribution in [0.15, 0.2) is 24.3 Å².